The van der Waals surface area contributed by atoms with E-state index in [9.17, 15) is 37.5 Å². The SMILES string of the molecule is C[N+]1(C)[C@@H]2CC(OC(=O)Nc3cc(CCC(=O)Nc4ccc5cc(CNC[C@H](O)c6ccc(OC(=O)C(F)(F)F)c7[nH]c(=O)ccc67)ccc5c4)ccc3-c3ccccc3)C[C@H]1[C@@H]1O[C@@H]12. The Kier molecular flexibility index (Phi) is 11.7. The number of morpholine rings is 1. The number of aliphatic hydroxyl groups is 1. The third-order valence-corrected chi connectivity index (χ3v) is 12.9. The fraction of sp³-hybridized carbons (Fsp3) is 0.306. The van der Waals surface area contributed by atoms with E-state index in [1.165, 1.54) is 12.1 Å². The second kappa shape index (κ2) is 17.4. The maximum atomic E-state index is 13.4. The number of halogens is 3. The monoisotopic (exact) mass is 890 g/mol. The van der Waals surface area contributed by atoms with E-state index in [2.05, 4.69) is 39.8 Å². The molecule has 13 nitrogen and oxygen atoms in total. The van der Waals surface area contributed by atoms with E-state index in [1.54, 1.807) is 0 Å². The van der Waals surface area contributed by atoms with Crippen LogP contribution in [0.3, 0.4) is 0 Å². The lowest BCUT2D eigenvalue weighted by atomic mass is 9.96. The average molecular weight is 891 g/mol. The fourth-order valence-corrected chi connectivity index (χ4v) is 9.52. The molecule has 3 fully saturated rings. The second-order valence-electron chi connectivity index (χ2n) is 17.4. The number of aromatic amines is 1. The van der Waals surface area contributed by atoms with Crippen molar-refractivity contribution in [2.45, 2.75) is 74.9 Å². The molecule has 0 aliphatic carbocycles. The number of nitrogens with one attached hydrogen (secondary N) is 4. The second-order valence-corrected chi connectivity index (χ2v) is 17.4. The van der Waals surface area contributed by atoms with E-state index < -0.39 is 35.7 Å². The highest BCUT2D eigenvalue weighted by molar-refractivity contribution is 5.95. The number of fused-ring (bicyclic) bond motifs is 7. The summed E-state index contributed by atoms with van der Waals surface area (Å²) in [6, 6.07) is 32.6. The van der Waals surface area contributed by atoms with Gasteiger partial charge in [-0.3, -0.25) is 14.9 Å². The van der Waals surface area contributed by atoms with Gasteiger partial charge in [0.25, 0.3) is 0 Å². The zero-order valence-electron chi connectivity index (χ0n) is 35.5. The van der Waals surface area contributed by atoms with Gasteiger partial charge in [0.2, 0.25) is 11.5 Å². The summed E-state index contributed by atoms with van der Waals surface area (Å²) in [4.78, 5) is 52.4. The first-order valence-electron chi connectivity index (χ1n) is 21.4. The number of epoxide rings is 1. The minimum absolute atomic E-state index is 0.0525. The number of aryl methyl sites for hydroxylation is 1. The summed E-state index contributed by atoms with van der Waals surface area (Å²) < 4.78 is 55.9. The van der Waals surface area contributed by atoms with Gasteiger partial charge in [0.1, 0.15) is 30.4 Å². The summed E-state index contributed by atoms with van der Waals surface area (Å²) in [5, 5.41) is 22.3. The molecule has 5 aromatic carbocycles. The van der Waals surface area contributed by atoms with Crippen LogP contribution in [-0.4, -0.2) is 89.8 Å². The van der Waals surface area contributed by atoms with Crippen LogP contribution < -0.4 is 26.2 Å². The molecule has 6 aromatic rings. The molecule has 1 aromatic heterocycles. The van der Waals surface area contributed by atoms with Gasteiger partial charge in [-0.25, -0.2) is 9.59 Å². The summed E-state index contributed by atoms with van der Waals surface area (Å²) in [5.74, 6) is -3.10. The number of rotatable bonds is 13. The van der Waals surface area contributed by atoms with E-state index in [0.29, 0.717) is 42.0 Å². The summed E-state index contributed by atoms with van der Waals surface area (Å²) in [5.41, 5.74) is 4.35. The van der Waals surface area contributed by atoms with Crippen LogP contribution in [-0.2, 0) is 32.0 Å². The molecule has 6 atom stereocenters. The van der Waals surface area contributed by atoms with Crippen molar-refractivity contribution in [3.8, 4) is 16.9 Å². The number of pyridine rings is 1. The third kappa shape index (κ3) is 9.34. The Bertz CT molecular complexity index is 2850. The van der Waals surface area contributed by atoms with Gasteiger partial charge in [0.05, 0.1) is 31.4 Å². The number of aromatic nitrogens is 1. The zero-order chi connectivity index (χ0) is 45.6. The van der Waals surface area contributed by atoms with Crippen molar-refractivity contribution >= 4 is 51.0 Å². The number of esters is 1. The average Bonchev–Trinajstić information content (AvgIpc) is 4.05. The summed E-state index contributed by atoms with van der Waals surface area (Å²) in [6.07, 6.45) is -4.38. The Hall–Kier alpha value is -6.59. The predicted octanol–water partition coefficient (Wildman–Crippen LogP) is 7.52. The number of H-pyrrole nitrogens is 1. The van der Waals surface area contributed by atoms with E-state index >= 15 is 0 Å². The summed E-state index contributed by atoms with van der Waals surface area (Å²) in [7, 11) is 4.47. The first kappa shape index (κ1) is 43.7. The summed E-state index contributed by atoms with van der Waals surface area (Å²) >= 11 is 0. The van der Waals surface area contributed by atoms with Crippen LogP contribution in [0.4, 0.5) is 29.3 Å². The number of carbonyl (C=O) groups excluding carboxylic acids is 3. The minimum atomic E-state index is -5.24. The molecule has 4 heterocycles. The molecule has 65 heavy (non-hydrogen) atoms. The number of likely N-dealkylation sites (N-methyl/N-ethyl adjacent to an activating group) is 1. The Morgan fingerprint density at radius 3 is 2.34 bits per heavy atom. The van der Waals surface area contributed by atoms with Crippen molar-refractivity contribution in [2.24, 2.45) is 0 Å². The molecule has 0 radical (unpaired) electrons. The largest absolute Gasteiger partial charge is 0.491 e. The summed E-state index contributed by atoms with van der Waals surface area (Å²) in [6.45, 7) is 0.416. The lowest BCUT2D eigenvalue weighted by molar-refractivity contribution is -0.938. The van der Waals surface area contributed by atoms with Crippen molar-refractivity contribution in [1.82, 2.24) is 10.3 Å². The van der Waals surface area contributed by atoms with Crippen LogP contribution in [0, 0.1) is 0 Å². The van der Waals surface area contributed by atoms with E-state index in [0.717, 1.165) is 62.5 Å². The molecule has 0 saturated carbocycles. The highest BCUT2D eigenvalue weighted by Crippen LogP contribution is 2.51. The van der Waals surface area contributed by atoms with Gasteiger partial charge in [0, 0.05) is 55.1 Å². The highest BCUT2D eigenvalue weighted by atomic mass is 19.4. The highest BCUT2D eigenvalue weighted by Gasteiger charge is 2.70. The Balaban J connectivity index is 0.791. The van der Waals surface area contributed by atoms with Gasteiger partial charge in [-0.2, -0.15) is 13.2 Å². The molecule has 3 saturated heterocycles. The number of hydrogen-bond donors (Lipinski definition) is 5. The number of ether oxygens (including phenoxy) is 3. The van der Waals surface area contributed by atoms with Gasteiger partial charge >= 0.3 is 18.2 Å². The molecule has 336 valence electrons. The lowest BCUT2D eigenvalue weighted by Gasteiger charge is -2.45. The van der Waals surface area contributed by atoms with Gasteiger partial charge in [-0.15, -0.1) is 0 Å². The molecule has 3 aliphatic rings. The van der Waals surface area contributed by atoms with Crippen molar-refractivity contribution in [2.75, 3.05) is 31.3 Å². The number of amides is 2. The number of hydrogen-bond acceptors (Lipinski definition) is 9. The van der Waals surface area contributed by atoms with Crippen LogP contribution in [0.25, 0.3) is 32.8 Å². The number of alkyl halides is 3. The number of piperidine rings is 1. The maximum Gasteiger partial charge on any atom is 0.491 e. The maximum absolute atomic E-state index is 13.4. The number of nitrogens with zero attached hydrogens (tertiary/aromatic N) is 1. The van der Waals surface area contributed by atoms with Crippen LogP contribution in [0.1, 0.15) is 42.1 Å². The van der Waals surface area contributed by atoms with Gasteiger partial charge in [-0.1, -0.05) is 66.7 Å². The normalized spacial score (nSPS) is 21.0. The zero-order valence-corrected chi connectivity index (χ0v) is 35.5. The van der Waals surface area contributed by atoms with Crippen molar-refractivity contribution in [3.05, 3.63) is 136 Å². The van der Waals surface area contributed by atoms with E-state index in [-0.39, 0.29) is 48.1 Å². The first-order chi connectivity index (χ1) is 31.1. The molecule has 3 aliphatic heterocycles. The molecular weight excluding hydrogens is 844 g/mol. The molecule has 2 amide bonds. The minimum Gasteiger partial charge on any atom is -0.445 e. The van der Waals surface area contributed by atoms with Crippen LogP contribution >= 0.6 is 0 Å². The number of carbonyl (C=O) groups is 3. The number of benzene rings is 5. The van der Waals surface area contributed by atoms with Gasteiger partial charge in [0.15, 0.2) is 5.75 Å². The molecular formula is C49H47F3N5O8+. The Morgan fingerprint density at radius 2 is 1.58 bits per heavy atom. The van der Waals surface area contributed by atoms with Crippen LogP contribution in [0.5, 0.6) is 5.75 Å². The van der Waals surface area contributed by atoms with Crippen molar-refractivity contribution in [3.63, 3.8) is 0 Å². The third-order valence-electron chi connectivity index (χ3n) is 12.9. The lowest BCUT2D eigenvalue weighted by Crippen LogP contribution is -2.60. The van der Waals surface area contributed by atoms with Crippen LogP contribution in [0.15, 0.2) is 114 Å². The van der Waals surface area contributed by atoms with E-state index in [4.69, 9.17) is 9.47 Å². The molecule has 16 heteroatoms. The molecule has 0 spiro atoms. The topological polar surface area (TPSA) is 171 Å². The smallest absolute Gasteiger partial charge is 0.445 e. The first-order valence-corrected chi connectivity index (χ1v) is 21.4. The van der Waals surface area contributed by atoms with Gasteiger partial charge in [-0.05, 0) is 75.8 Å². The number of aliphatic hydroxyl groups excluding tert-OH is 1. The number of anilines is 2. The quantitative estimate of drug-likeness (QED) is 0.0341. The molecule has 1 unspecified atom stereocenters. The fourth-order valence-electron chi connectivity index (χ4n) is 9.52. The standard InChI is InChI=1S/C49H46F3N5O8/c1-57(2)38-23-33(24-39(57)46-45(38)65-46)63-48(62)55-37-21-27(9-14-34(37)29-6-4-3-5-7-29)10-18-42(59)54-32-13-12-30-20-28(8-11-31(30)22-32)25-53-26-40(58)35-15-17-41(64-47(61)49(50,51)52)44-36(35)16-19-43(60)56-44/h3-9,11-17,19-22,33,38-40,45-46,53,58H,10,18,23-26H2,1-2H3,(H2-,54,55,56,59,60,62)/p+1/t33?,38-,39+,40-,45-,46+/m0/s1. The Labute approximate surface area is 371 Å². The molecule has 5 N–H and O–H groups in total. The van der Waals surface area contributed by atoms with E-state index in [1.807, 2.05) is 84.9 Å². The van der Waals surface area contributed by atoms with Crippen LogP contribution in [0.2, 0.25) is 0 Å². The Morgan fingerprint density at radius 1 is 0.862 bits per heavy atom. The molecule has 9 rings (SSSR count). The number of quaternary nitrogens is 1. The van der Waals surface area contributed by atoms with Crippen molar-refractivity contribution < 1.29 is 51.4 Å². The van der Waals surface area contributed by atoms with Gasteiger partial charge < -0.3 is 39.4 Å². The van der Waals surface area contributed by atoms with Crippen molar-refractivity contribution in [1.29, 1.82) is 0 Å². The predicted molar refractivity (Wildman–Crippen MR) is 237 cm³/mol. The molecule has 2 bridgehead atoms.